The van der Waals surface area contributed by atoms with Gasteiger partial charge in [0.1, 0.15) is 5.82 Å². The Bertz CT molecular complexity index is 384. The average molecular weight is 238 g/mol. The van der Waals surface area contributed by atoms with Gasteiger partial charge in [0.25, 0.3) is 0 Å². The smallest absolute Gasteiger partial charge is 0.148 e. The van der Waals surface area contributed by atoms with E-state index in [1.807, 2.05) is 0 Å². The molecule has 17 heavy (non-hydrogen) atoms. The minimum absolute atomic E-state index is 0.0596. The van der Waals surface area contributed by atoms with Crippen LogP contribution < -0.4 is 11.1 Å². The van der Waals surface area contributed by atoms with Crippen LogP contribution in [0.2, 0.25) is 0 Å². The first kappa shape index (κ1) is 12.2. The van der Waals surface area contributed by atoms with E-state index in [-0.39, 0.29) is 11.9 Å². The number of hydrogen-bond donors (Lipinski definition) is 3. The molecule has 0 bridgehead atoms. The molecule has 0 aliphatic heterocycles. The normalized spacial score (nSPS) is 25.3. The second-order valence-corrected chi connectivity index (χ2v) is 4.70. The number of nitrogen functional groups attached to an aromatic ring is 1. The highest BCUT2D eigenvalue weighted by Crippen LogP contribution is 2.24. The molecule has 0 saturated heterocycles. The van der Waals surface area contributed by atoms with Crippen molar-refractivity contribution in [3.05, 3.63) is 24.0 Å². The minimum Gasteiger partial charge on any atom is -0.399 e. The van der Waals surface area contributed by atoms with Gasteiger partial charge in [-0.1, -0.05) is 19.3 Å². The molecule has 2 rings (SSSR count). The van der Waals surface area contributed by atoms with Gasteiger partial charge in [-0.2, -0.15) is 0 Å². The van der Waals surface area contributed by atoms with E-state index in [9.17, 15) is 9.50 Å². The Labute approximate surface area is 101 Å². The second-order valence-electron chi connectivity index (χ2n) is 4.70. The summed E-state index contributed by atoms with van der Waals surface area (Å²) in [6.45, 7) is 0. The third-order valence-electron chi connectivity index (χ3n) is 3.31. The Balaban J connectivity index is 2.08. The fourth-order valence-electron chi connectivity index (χ4n) is 2.30. The van der Waals surface area contributed by atoms with Crippen molar-refractivity contribution in [2.24, 2.45) is 0 Å². The molecule has 4 heteroatoms. The van der Waals surface area contributed by atoms with Crippen LogP contribution in [0, 0.1) is 5.82 Å². The van der Waals surface area contributed by atoms with Gasteiger partial charge in [0.05, 0.1) is 17.8 Å². The van der Waals surface area contributed by atoms with Crippen LogP contribution in [-0.4, -0.2) is 17.3 Å². The zero-order chi connectivity index (χ0) is 12.3. The first-order valence-corrected chi connectivity index (χ1v) is 6.16. The fraction of sp³-hybridized carbons (Fsp3) is 0.538. The lowest BCUT2D eigenvalue weighted by Crippen LogP contribution is -2.32. The van der Waals surface area contributed by atoms with Crippen LogP contribution >= 0.6 is 0 Å². The van der Waals surface area contributed by atoms with Crippen LogP contribution in [0.25, 0.3) is 0 Å². The third-order valence-corrected chi connectivity index (χ3v) is 3.31. The highest BCUT2D eigenvalue weighted by molar-refractivity contribution is 5.53. The molecule has 1 aliphatic carbocycles. The zero-order valence-corrected chi connectivity index (χ0v) is 9.82. The van der Waals surface area contributed by atoms with Crippen LogP contribution in [0.3, 0.4) is 0 Å². The largest absolute Gasteiger partial charge is 0.399 e. The van der Waals surface area contributed by atoms with Crippen LogP contribution in [0.15, 0.2) is 18.2 Å². The second kappa shape index (κ2) is 5.36. The number of aliphatic hydroxyl groups is 1. The zero-order valence-electron chi connectivity index (χ0n) is 9.82. The van der Waals surface area contributed by atoms with Crippen molar-refractivity contribution >= 4 is 11.4 Å². The molecule has 2 atom stereocenters. The molecule has 1 aromatic carbocycles. The van der Waals surface area contributed by atoms with E-state index in [0.29, 0.717) is 11.4 Å². The maximum absolute atomic E-state index is 13.6. The number of hydrogen-bond acceptors (Lipinski definition) is 3. The number of anilines is 2. The van der Waals surface area contributed by atoms with Crippen molar-refractivity contribution in [3.8, 4) is 0 Å². The van der Waals surface area contributed by atoms with E-state index in [0.717, 1.165) is 32.1 Å². The average Bonchev–Trinajstić information content (AvgIpc) is 2.48. The Kier molecular flexibility index (Phi) is 3.84. The molecule has 4 N–H and O–H groups in total. The molecular formula is C13H19FN2O. The van der Waals surface area contributed by atoms with Crippen LogP contribution in [0.4, 0.5) is 15.8 Å². The SMILES string of the molecule is Nc1ccc(NC2CCCCCC2O)c(F)c1. The molecule has 1 aliphatic rings. The van der Waals surface area contributed by atoms with Crippen molar-refractivity contribution < 1.29 is 9.50 Å². The van der Waals surface area contributed by atoms with Gasteiger partial charge in [0.2, 0.25) is 0 Å². The quantitative estimate of drug-likeness (QED) is 0.548. The van der Waals surface area contributed by atoms with E-state index in [4.69, 9.17) is 5.73 Å². The number of rotatable bonds is 2. The molecule has 0 spiro atoms. The summed E-state index contributed by atoms with van der Waals surface area (Å²) in [6, 6.07) is 4.53. The van der Waals surface area contributed by atoms with E-state index in [1.165, 1.54) is 6.07 Å². The van der Waals surface area contributed by atoms with Crippen molar-refractivity contribution in [3.63, 3.8) is 0 Å². The van der Waals surface area contributed by atoms with Crippen molar-refractivity contribution in [1.29, 1.82) is 0 Å². The van der Waals surface area contributed by atoms with Gasteiger partial charge >= 0.3 is 0 Å². The molecular weight excluding hydrogens is 219 g/mol. The molecule has 94 valence electrons. The molecule has 1 saturated carbocycles. The molecule has 0 heterocycles. The Morgan fingerprint density at radius 2 is 2.00 bits per heavy atom. The third kappa shape index (κ3) is 3.09. The van der Waals surface area contributed by atoms with Crippen molar-refractivity contribution in [1.82, 2.24) is 0 Å². The topological polar surface area (TPSA) is 58.3 Å². The first-order chi connectivity index (χ1) is 8.16. The van der Waals surface area contributed by atoms with Crippen LogP contribution in [0.1, 0.15) is 32.1 Å². The Morgan fingerprint density at radius 1 is 1.24 bits per heavy atom. The molecule has 3 nitrogen and oxygen atoms in total. The Morgan fingerprint density at radius 3 is 2.76 bits per heavy atom. The summed E-state index contributed by atoms with van der Waals surface area (Å²) in [5.74, 6) is -0.360. The van der Waals surface area contributed by atoms with Gasteiger partial charge in [-0.15, -0.1) is 0 Å². The molecule has 1 aromatic rings. The minimum atomic E-state index is -0.394. The van der Waals surface area contributed by atoms with E-state index in [1.54, 1.807) is 12.1 Å². The fourth-order valence-corrected chi connectivity index (χ4v) is 2.30. The lowest BCUT2D eigenvalue weighted by molar-refractivity contribution is 0.144. The number of halogens is 1. The van der Waals surface area contributed by atoms with E-state index < -0.39 is 6.10 Å². The summed E-state index contributed by atoms with van der Waals surface area (Å²) < 4.78 is 13.6. The Hall–Kier alpha value is -1.29. The van der Waals surface area contributed by atoms with E-state index in [2.05, 4.69) is 5.32 Å². The molecule has 0 radical (unpaired) electrons. The van der Waals surface area contributed by atoms with Crippen molar-refractivity contribution in [2.75, 3.05) is 11.1 Å². The van der Waals surface area contributed by atoms with Gasteiger partial charge in [0.15, 0.2) is 0 Å². The number of aliphatic hydroxyl groups excluding tert-OH is 1. The van der Waals surface area contributed by atoms with Crippen LogP contribution in [-0.2, 0) is 0 Å². The summed E-state index contributed by atoms with van der Waals surface area (Å²) in [5.41, 5.74) is 6.33. The summed E-state index contributed by atoms with van der Waals surface area (Å²) >= 11 is 0. The van der Waals surface area contributed by atoms with Crippen LogP contribution in [0.5, 0.6) is 0 Å². The summed E-state index contributed by atoms with van der Waals surface area (Å²) in [4.78, 5) is 0. The van der Waals surface area contributed by atoms with Gasteiger partial charge in [-0.3, -0.25) is 0 Å². The predicted molar refractivity (Wildman–Crippen MR) is 67.3 cm³/mol. The monoisotopic (exact) mass is 238 g/mol. The standard InChI is InChI=1S/C13H19FN2O/c14-10-8-9(15)6-7-11(10)16-12-4-2-1-3-5-13(12)17/h6-8,12-13,16-17H,1-5,15H2. The highest BCUT2D eigenvalue weighted by atomic mass is 19.1. The lowest BCUT2D eigenvalue weighted by Gasteiger charge is -2.23. The number of nitrogens with one attached hydrogen (secondary N) is 1. The summed E-state index contributed by atoms with van der Waals surface area (Å²) in [7, 11) is 0. The number of benzene rings is 1. The molecule has 2 unspecified atom stereocenters. The maximum Gasteiger partial charge on any atom is 0.148 e. The van der Waals surface area contributed by atoms with Gasteiger partial charge in [0, 0.05) is 5.69 Å². The van der Waals surface area contributed by atoms with Gasteiger partial charge in [-0.05, 0) is 31.0 Å². The summed E-state index contributed by atoms with van der Waals surface area (Å²) in [6.07, 6.45) is 4.53. The molecule has 0 aromatic heterocycles. The molecule has 0 amide bonds. The first-order valence-electron chi connectivity index (χ1n) is 6.16. The number of nitrogens with two attached hydrogens (primary N) is 1. The van der Waals surface area contributed by atoms with Gasteiger partial charge in [-0.25, -0.2) is 4.39 Å². The lowest BCUT2D eigenvalue weighted by atomic mass is 10.1. The highest BCUT2D eigenvalue weighted by Gasteiger charge is 2.22. The molecule has 1 fully saturated rings. The van der Waals surface area contributed by atoms with E-state index >= 15 is 0 Å². The van der Waals surface area contributed by atoms with Gasteiger partial charge < -0.3 is 16.2 Å². The summed E-state index contributed by atoms with van der Waals surface area (Å²) in [5, 5.41) is 13.0. The predicted octanol–water partition coefficient (Wildman–Crippen LogP) is 2.51. The maximum atomic E-state index is 13.6. The van der Waals surface area contributed by atoms with Crippen molar-refractivity contribution in [2.45, 2.75) is 44.2 Å².